The van der Waals surface area contributed by atoms with E-state index in [1.807, 2.05) is 48.5 Å². The molecule has 0 saturated heterocycles. The highest BCUT2D eigenvalue weighted by atomic mass is 32.2. The summed E-state index contributed by atoms with van der Waals surface area (Å²) in [6.07, 6.45) is 1.45. The number of nitrogens with one attached hydrogen (secondary N) is 1. The Morgan fingerprint density at radius 3 is 2.72 bits per heavy atom. The lowest BCUT2D eigenvalue weighted by atomic mass is 10.1. The number of hydrogen-bond acceptors (Lipinski definition) is 6. The number of rotatable bonds is 6. The molecule has 2 aromatic carbocycles. The monoisotopic (exact) mass is 408 g/mol. The molecule has 0 radical (unpaired) electrons. The number of carbonyl (C=O) groups is 1. The smallest absolute Gasteiger partial charge is 0.276 e. The van der Waals surface area contributed by atoms with Crippen LogP contribution in [-0.2, 0) is 4.79 Å². The van der Waals surface area contributed by atoms with Gasteiger partial charge in [-0.3, -0.25) is 15.1 Å². The molecule has 0 aliphatic carbocycles. The Morgan fingerprint density at radius 2 is 1.90 bits per heavy atom. The summed E-state index contributed by atoms with van der Waals surface area (Å²) in [5, 5.41) is 11.6. The maximum Gasteiger partial charge on any atom is 0.276 e. The molecule has 150 valence electrons. The zero-order valence-corrected chi connectivity index (χ0v) is 17.4. The lowest BCUT2D eigenvalue weighted by Gasteiger charge is -2.34. The third kappa shape index (κ3) is 3.87. The molecule has 1 amide bonds. The minimum atomic E-state index is -0.462. The number of nitrogens with zero attached hydrogens (tertiary/aromatic N) is 3. The predicted octanol–water partition coefficient (Wildman–Crippen LogP) is 2.76. The lowest BCUT2D eigenvalue weighted by molar-refractivity contribution is -0.116. The van der Waals surface area contributed by atoms with Crippen LogP contribution in [0.1, 0.15) is 38.4 Å². The molecule has 2 heterocycles. The molecule has 1 N–H and O–H groups in total. The average molecular weight is 409 g/mol. The van der Waals surface area contributed by atoms with Crippen molar-refractivity contribution >= 4 is 28.5 Å². The first kappa shape index (κ1) is 19.5. The van der Waals surface area contributed by atoms with E-state index in [1.165, 1.54) is 0 Å². The summed E-state index contributed by atoms with van der Waals surface area (Å²) in [5.41, 5.74) is 1.41. The molecule has 0 bridgehead atoms. The summed E-state index contributed by atoms with van der Waals surface area (Å²) in [4.78, 5) is 18.0. The standard InChI is InChI=1S/C22H24N4O2S/c1-3-13-28-18-12-8-6-10-16(18)20-23-17-11-7-5-9-15(17)19-21(27)24-22(25-26(19)20)29-14-4-2/h5-12,20H,3-4,13-14H2,1-2H3,(H,24,25,27)/t20-/m1/s1. The maximum atomic E-state index is 13.0. The van der Waals surface area contributed by atoms with E-state index in [-0.39, 0.29) is 5.91 Å². The van der Waals surface area contributed by atoms with Gasteiger partial charge in [0.1, 0.15) is 11.4 Å². The fraction of sp³-hybridized carbons (Fsp3) is 0.318. The summed E-state index contributed by atoms with van der Waals surface area (Å²) >= 11 is 1.54. The first-order chi connectivity index (χ1) is 14.2. The van der Waals surface area contributed by atoms with Crippen LogP contribution in [0.3, 0.4) is 0 Å². The molecule has 2 aliphatic rings. The Balaban J connectivity index is 1.87. The molecule has 0 aromatic heterocycles. The quantitative estimate of drug-likeness (QED) is 0.798. The van der Waals surface area contributed by atoms with Crippen LogP contribution < -0.4 is 20.6 Å². The fourth-order valence-electron chi connectivity index (χ4n) is 3.33. The molecule has 29 heavy (non-hydrogen) atoms. The van der Waals surface area contributed by atoms with Gasteiger partial charge in [0.25, 0.3) is 5.91 Å². The van der Waals surface area contributed by atoms with Crippen molar-refractivity contribution in [2.24, 2.45) is 10.1 Å². The van der Waals surface area contributed by atoms with Crippen molar-refractivity contribution < 1.29 is 9.53 Å². The normalized spacial score (nSPS) is 17.7. The summed E-state index contributed by atoms with van der Waals surface area (Å²) in [6, 6.07) is 15.5. The number of thioether (sulfide) groups is 1. The summed E-state index contributed by atoms with van der Waals surface area (Å²) in [7, 11) is 0. The Bertz CT molecular complexity index is 1070. The van der Waals surface area contributed by atoms with Crippen molar-refractivity contribution in [1.82, 2.24) is 10.3 Å². The van der Waals surface area contributed by atoms with E-state index >= 15 is 0 Å². The van der Waals surface area contributed by atoms with Crippen LogP contribution in [0.15, 0.2) is 58.6 Å². The minimum Gasteiger partial charge on any atom is -0.493 e. The highest BCUT2D eigenvalue weighted by molar-refractivity contribution is 8.13. The topological polar surface area (TPSA) is 66.3 Å². The number of carbonyl (C=O) groups excluding carboxylic acids is 1. The SMILES string of the molecule is CCCOc1ccccc1[C@@H]1N=c2ccccc2=C2C(=O)NC(SCCC)=NN21. The summed E-state index contributed by atoms with van der Waals surface area (Å²) in [6.45, 7) is 4.80. The summed E-state index contributed by atoms with van der Waals surface area (Å²) in [5.74, 6) is 1.50. The first-order valence-electron chi connectivity index (χ1n) is 9.93. The fourth-order valence-corrected chi connectivity index (χ4v) is 4.04. The van der Waals surface area contributed by atoms with E-state index < -0.39 is 6.17 Å². The average Bonchev–Trinajstić information content (AvgIpc) is 2.75. The number of para-hydroxylation sites is 2. The Labute approximate surface area is 174 Å². The minimum absolute atomic E-state index is 0.155. The Kier molecular flexibility index (Phi) is 5.85. The van der Waals surface area contributed by atoms with Crippen LogP contribution in [0.2, 0.25) is 0 Å². The number of hydrazone groups is 1. The zero-order chi connectivity index (χ0) is 20.2. The third-order valence-electron chi connectivity index (χ3n) is 4.62. The summed E-state index contributed by atoms with van der Waals surface area (Å²) < 4.78 is 5.98. The molecule has 0 unspecified atom stereocenters. The van der Waals surface area contributed by atoms with Crippen LogP contribution in [0.25, 0.3) is 5.70 Å². The van der Waals surface area contributed by atoms with Gasteiger partial charge in [0.15, 0.2) is 11.3 Å². The first-order valence-corrected chi connectivity index (χ1v) is 10.9. The molecule has 6 nitrogen and oxygen atoms in total. The van der Waals surface area contributed by atoms with Crippen LogP contribution in [0.4, 0.5) is 0 Å². The molecular weight excluding hydrogens is 384 g/mol. The van der Waals surface area contributed by atoms with Crippen molar-refractivity contribution in [3.8, 4) is 5.75 Å². The second-order valence-corrected chi connectivity index (χ2v) is 7.89. The van der Waals surface area contributed by atoms with Gasteiger partial charge >= 0.3 is 0 Å². The van der Waals surface area contributed by atoms with Gasteiger partial charge in [0.05, 0.1) is 12.0 Å². The van der Waals surface area contributed by atoms with Crippen LogP contribution in [0, 0.1) is 0 Å². The number of amidine groups is 1. The van der Waals surface area contributed by atoms with Crippen molar-refractivity contribution in [3.63, 3.8) is 0 Å². The number of hydrogen-bond donors (Lipinski definition) is 1. The lowest BCUT2D eigenvalue weighted by Crippen LogP contribution is -2.50. The largest absolute Gasteiger partial charge is 0.493 e. The number of benzene rings is 2. The van der Waals surface area contributed by atoms with Gasteiger partial charge in [-0.1, -0.05) is 62.0 Å². The molecule has 0 fully saturated rings. The van der Waals surface area contributed by atoms with Gasteiger partial charge in [-0.15, -0.1) is 5.10 Å². The van der Waals surface area contributed by atoms with Crippen molar-refractivity contribution in [2.75, 3.05) is 12.4 Å². The van der Waals surface area contributed by atoms with E-state index in [1.54, 1.807) is 16.8 Å². The molecule has 2 aromatic rings. The van der Waals surface area contributed by atoms with Gasteiger partial charge in [0, 0.05) is 16.5 Å². The molecule has 7 heteroatoms. The van der Waals surface area contributed by atoms with E-state index in [0.717, 1.165) is 40.5 Å². The van der Waals surface area contributed by atoms with Crippen molar-refractivity contribution in [3.05, 3.63) is 64.7 Å². The molecule has 1 atom stereocenters. The number of amides is 1. The number of fused-ring (bicyclic) bond motifs is 2. The molecule has 4 rings (SSSR count). The van der Waals surface area contributed by atoms with E-state index in [0.29, 0.717) is 17.5 Å². The van der Waals surface area contributed by atoms with Crippen molar-refractivity contribution in [2.45, 2.75) is 32.9 Å². The van der Waals surface area contributed by atoms with E-state index in [2.05, 4.69) is 19.2 Å². The van der Waals surface area contributed by atoms with Gasteiger partial charge in [-0.25, -0.2) is 5.01 Å². The van der Waals surface area contributed by atoms with Crippen molar-refractivity contribution in [1.29, 1.82) is 0 Å². The Morgan fingerprint density at radius 1 is 1.10 bits per heavy atom. The van der Waals surface area contributed by atoms with Crippen LogP contribution in [-0.4, -0.2) is 28.4 Å². The van der Waals surface area contributed by atoms with Gasteiger partial charge in [-0.05, 0) is 25.0 Å². The number of ether oxygens (including phenoxy) is 1. The highest BCUT2D eigenvalue weighted by Gasteiger charge is 2.35. The molecular formula is C22H24N4O2S. The highest BCUT2D eigenvalue weighted by Crippen LogP contribution is 2.35. The van der Waals surface area contributed by atoms with E-state index in [4.69, 9.17) is 14.8 Å². The van der Waals surface area contributed by atoms with E-state index in [9.17, 15) is 4.79 Å². The second-order valence-electron chi connectivity index (χ2n) is 6.81. The van der Waals surface area contributed by atoms with Crippen LogP contribution in [0.5, 0.6) is 5.75 Å². The van der Waals surface area contributed by atoms with Gasteiger partial charge in [-0.2, -0.15) is 0 Å². The molecule has 0 spiro atoms. The van der Waals surface area contributed by atoms with Gasteiger partial charge < -0.3 is 4.74 Å². The third-order valence-corrected chi connectivity index (χ3v) is 5.69. The molecule has 0 saturated carbocycles. The van der Waals surface area contributed by atoms with Gasteiger partial charge in [0.2, 0.25) is 0 Å². The predicted molar refractivity (Wildman–Crippen MR) is 116 cm³/mol. The molecule has 2 aliphatic heterocycles. The van der Waals surface area contributed by atoms with Crippen LogP contribution >= 0.6 is 11.8 Å². The zero-order valence-electron chi connectivity index (χ0n) is 16.6. The second kappa shape index (κ2) is 8.69. The Hall–Kier alpha value is -2.80. The maximum absolute atomic E-state index is 13.0.